The second-order valence-corrected chi connectivity index (χ2v) is 7.40. The molecule has 3 aromatic heterocycles. The van der Waals surface area contributed by atoms with Crippen LogP contribution in [0.25, 0.3) is 5.82 Å². The molecule has 1 amide bonds. The number of ketones is 1. The maximum atomic E-state index is 12.6. The van der Waals surface area contributed by atoms with Gasteiger partial charge in [0.2, 0.25) is 5.91 Å². The molecule has 3 heterocycles. The lowest BCUT2D eigenvalue weighted by molar-refractivity contribution is -0.118. The lowest BCUT2D eigenvalue weighted by atomic mass is 10.3. The summed E-state index contributed by atoms with van der Waals surface area (Å²) in [4.78, 5) is 37.7. The van der Waals surface area contributed by atoms with Crippen LogP contribution in [0.1, 0.15) is 32.9 Å². The Hall–Kier alpha value is -2.94. The van der Waals surface area contributed by atoms with Gasteiger partial charge >= 0.3 is 5.69 Å². The van der Waals surface area contributed by atoms with E-state index < -0.39 is 0 Å². The Morgan fingerprint density at radius 2 is 2.07 bits per heavy atom. The van der Waals surface area contributed by atoms with E-state index in [1.54, 1.807) is 32.2 Å². The predicted octanol–water partition coefficient (Wildman–Crippen LogP) is 1.87. The molecular weight excluding hydrogens is 368 g/mol. The molecule has 142 valence electrons. The van der Waals surface area contributed by atoms with E-state index in [9.17, 15) is 14.4 Å². The van der Waals surface area contributed by atoms with Crippen LogP contribution in [0.4, 0.5) is 0 Å². The van der Waals surface area contributed by atoms with E-state index in [0.29, 0.717) is 35.1 Å². The van der Waals surface area contributed by atoms with Crippen LogP contribution in [0.15, 0.2) is 33.7 Å². The van der Waals surface area contributed by atoms with Crippen molar-refractivity contribution in [3.8, 4) is 5.82 Å². The summed E-state index contributed by atoms with van der Waals surface area (Å²) in [7, 11) is 0. The van der Waals surface area contributed by atoms with Crippen LogP contribution in [0, 0.1) is 13.8 Å². The number of carbonyl (C=O) groups excluding carboxylic acids is 2. The van der Waals surface area contributed by atoms with E-state index in [4.69, 9.17) is 4.52 Å². The minimum absolute atomic E-state index is 0.0465. The van der Waals surface area contributed by atoms with E-state index in [2.05, 4.69) is 10.5 Å². The molecule has 0 fully saturated rings. The van der Waals surface area contributed by atoms with Crippen LogP contribution in [-0.2, 0) is 17.8 Å². The van der Waals surface area contributed by atoms with Gasteiger partial charge < -0.3 is 9.84 Å². The maximum Gasteiger partial charge on any atom is 0.334 e. The van der Waals surface area contributed by atoms with Gasteiger partial charge in [0.25, 0.3) is 0 Å². The number of nitrogens with one attached hydrogen (secondary N) is 1. The topological polar surface area (TPSA) is 99.1 Å². The molecule has 0 radical (unpaired) electrons. The van der Waals surface area contributed by atoms with Gasteiger partial charge in [0.05, 0.1) is 11.4 Å². The van der Waals surface area contributed by atoms with Gasteiger partial charge in [0.15, 0.2) is 11.6 Å². The highest BCUT2D eigenvalue weighted by atomic mass is 32.1. The Balaban J connectivity index is 1.72. The normalized spacial score (nSPS) is 10.9. The van der Waals surface area contributed by atoms with Crippen LogP contribution >= 0.6 is 11.3 Å². The third-order valence-corrected chi connectivity index (χ3v) is 5.16. The van der Waals surface area contributed by atoms with Crippen LogP contribution in [0.5, 0.6) is 0 Å². The zero-order valence-electron chi connectivity index (χ0n) is 15.3. The molecule has 0 aliphatic heterocycles. The molecule has 0 unspecified atom stereocenters. The summed E-state index contributed by atoms with van der Waals surface area (Å²) >= 11 is 1.38. The van der Waals surface area contributed by atoms with Crippen molar-refractivity contribution >= 4 is 23.0 Å². The molecule has 0 aromatic carbocycles. The summed E-state index contributed by atoms with van der Waals surface area (Å²) in [5.41, 5.74) is 0.333. The van der Waals surface area contributed by atoms with Gasteiger partial charge in [-0.25, -0.2) is 9.36 Å². The summed E-state index contributed by atoms with van der Waals surface area (Å²) in [6, 6.07) is 5.30. The average molecular weight is 388 g/mol. The van der Waals surface area contributed by atoms with E-state index in [0.717, 1.165) is 4.88 Å². The summed E-state index contributed by atoms with van der Waals surface area (Å²) in [6.07, 6.45) is 2.30. The molecule has 0 aliphatic carbocycles. The highest BCUT2D eigenvalue weighted by Crippen LogP contribution is 2.18. The first-order valence-electron chi connectivity index (χ1n) is 8.44. The van der Waals surface area contributed by atoms with Crippen molar-refractivity contribution in [3.05, 3.63) is 56.1 Å². The lowest BCUT2D eigenvalue weighted by Gasteiger charge is -2.00. The average Bonchev–Trinajstić information content (AvgIpc) is 3.28. The van der Waals surface area contributed by atoms with Crippen molar-refractivity contribution in [1.82, 2.24) is 19.6 Å². The lowest BCUT2D eigenvalue weighted by Crippen LogP contribution is -2.26. The molecule has 3 aromatic rings. The number of carbonyl (C=O) groups is 2. The fourth-order valence-electron chi connectivity index (χ4n) is 2.72. The Bertz CT molecular complexity index is 1040. The minimum atomic E-state index is -0.336. The van der Waals surface area contributed by atoms with Gasteiger partial charge in [-0.05, 0) is 32.4 Å². The van der Waals surface area contributed by atoms with Crippen molar-refractivity contribution in [1.29, 1.82) is 0 Å². The van der Waals surface area contributed by atoms with Gasteiger partial charge in [-0.15, -0.1) is 11.3 Å². The highest BCUT2D eigenvalue weighted by Gasteiger charge is 2.17. The predicted molar refractivity (Wildman–Crippen MR) is 101 cm³/mol. The monoisotopic (exact) mass is 388 g/mol. The number of aryl methyl sites for hydroxylation is 2. The summed E-state index contributed by atoms with van der Waals surface area (Å²) in [6.45, 7) is 5.47. The van der Waals surface area contributed by atoms with Gasteiger partial charge in [0, 0.05) is 36.3 Å². The SMILES string of the molecule is CC(=O)NCCc1ccc(C(=O)Cn2cc(C)n(-c3cc(C)on3)c2=O)s1. The van der Waals surface area contributed by atoms with Crippen LogP contribution in [0.2, 0.25) is 0 Å². The second kappa shape index (κ2) is 7.75. The molecule has 0 saturated carbocycles. The van der Waals surface area contributed by atoms with Crippen molar-refractivity contribution in [2.45, 2.75) is 33.7 Å². The molecular formula is C18H20N4O4S. The number of imidazole rings is 1. The molecule has 1 N–H and O–H groups in total. The van der Waals surface area contributed by atoms with Gasteiger partial charge in [0.1, 0.15) is 5.76 Å². The fraction of sp³-hybridized carbons (Fsp3) is 0.333. The Morgan fingerprint density at radius 3 is 2.74 bits per heavy atom. The molecule has 3 rings (SSSR count). The molecule has 0 saturated heterocycles. The quantitative estimate of drug-likeness (QED) is 0.623. The number of thiophene rings is 1. The number of amides is 1. The first kappa shape index (κ1) is 18.8. The van der Waals surface area contributed by atoms with Crippen molar-refractivity contribution < 1.29 is 14.1 Å². The Labute approximate surface area is 159 Å². The Kier molecular flexibility index (Phi) is 5.41. The van der Waals surface area contributed by atoms with Gasteiger partial charge in [-0.2, -0.15) is 0 Å². The number of hydrogen-bond acceptors (Lipinski definition) is 6. The van der Waals surface area contributed by atoms with Crippen LogP contribution in [-0.4, -0.2) is 32.5 Å². The largest absolute Gasteiger partial charge is 0.360 e. The van der Waals surface area contributed by atoms with Gasteiger partial charge in [-0.1, -0.05) is 5.16 Å². The molecule has 0 bridgehead atoms. The first-order valence-corrected chi connectivity index (χ1v) is 9.25. The number of hydrogen-bond donors (Lipinski definition) is 1. The van der Waals surface area contributed by atoms with E-state index in [1.165, 1.54) is 27.4 Å². The molecule has 0 atom stereocenters. The number of nitrogens with zero attached hydrogens (tertiary/aromatic N) is 3. The zero-order chi connectivity index (χ0) is 19.6. The minimum Gasteiger partial charge on any atom is -0.360 e. The molecule has 9 heteroatoms. The van der Waals surface area contributed by atoms with Crippen molar-refractivity contribution in [2.24, 2.45) is 0 Å². The summed E-state index contributed by atoms with van der Waals surface area (Å²) in [5, 5.41) is 6.59. The zero-order valence-corrected chi connectivity index (χ0v) is 16.1. The van der Waals surface area contributed by atoms with E-state index in [-0.39, 0.29) is 23.9 Å². The van der Waals surface area contributed by atoms with Crippen LogP contribution in [0.3, 0.4) is 0 Å². The smallest absolute Gasteiger partial charge is 0.334 e. The molecule has 0 aliphatic rings. The number of rotatable bonds is 7. The molecule has 8 nitrogen and oxygen atoms in total. The third-order valence-electron chi connectivity index (χ3n) is 3.97. The van der Waals surface area contributed by atoms with E-state index in [1.807, 2.05) is 6.07 Å². The fourth-order valence-corrected chi connectivity index (χ4v) is 3.66. The molecule has 27 heavy (non-hydrogen) atoms. The standard InChI is InChI=1S/C18H20N4O4S/c1-11-9-21(18(25)22(11)17-8-12(2)26-20-17)10-15(24)16-5-4-14(27-16)6-7-19-13(3)23/h4-5,8-9H,6-7,10H2,1-3H3,(H,19,23). The second-order valence-electron chi connectivity index (χ2n) is 6.23. The summed E-state index contributed by atoms with van der Waals surface area (Å²) in [5.74, 6) is 0.786. The van der Waals surface area contributed by atoms with Crippen LogP contribution < -0.4 is 11.0 Å². The Morgan fingerprint density at radius 1 is 1.30 bits per heavy atom. The van der Waals surface area contributed by atoms with Gasteiger partial charge in [-0.3, -0.25) is 14.2 Å². The van der Waals surface area contributed by atoms with Crippen molar-refractivity contribution in [2.75, 3.05) is 6.54 Å². The van der Waals surface area contributed by atoms with Crippen molar-refractivity contribution in [3.63, 3.8) is 0 Å². The number of Topliss-reactive ketones (excluding diaryl/α,β-unsaturated/α-hetero) is 1. The highest BCUT2D eigenvalue weighted by molar-refractivity contribution is 7.14. The third kappa shape index (κ3) is 4.25. The maximum absolute atomic E-state index is 12.6. The number of aromatic nitrogens is 3. The molecule has 0 spiro atoms. The first-order chi connectivity index (χ1) is 12.8. The summed E-state index contributed by atoms with van der Waals surface area (Å²) < 4.78 is 7.81. The van der Waals surface area contributed by atoms with E-state index >= 15 is 0 Å².